The van der Waals surface area contributed by atoms with Crippen LogP contribution in [-0.4, -0.2) is 26.7 Å². The molecule has 8 heteroatoms. The Labute approximate surface area is 201 Å². The van der Waals surface area contributed by atoms with Gasteiger partial charge in [0.25, 0.3) is 11.8 Å². The van der Waals surface area contributed by atoms with Crippen molar-refractivity contribution in [1.82, 2.24) is 14.9 Å². The summed E-state index contributed by atoms with van der Waals surface area (Å²) in [4.78, 5) is 36.7. The summed E-state index contributed by atoms with van der Waals surface area (Å²) in [6.45, 7) is 1.92. The van der Waals surface area contributed by atoms with Gasteiger partial charge in [-0.05, 0) is 54.4 Å². The molecular weight excluding hydrogens is 450 g/mol. The molecule has 35 heavy (non-hydrogen) atoms. The zero-order valence-electron chi connectivity index (χ0n) is 18.9. The minimum Gasteiger partial charge on any atom is -0.324 e. The van der Waals surface area contributed by atoms with Crippen molar-refractivity contribution in [2.45, 2.75) is 19.5 Å². The molecular formula is C27H22F2N4O2. The molecule has 3 aromatic carbocycles. The van der Waals surface area contributed by atoms with E-state index in [1.54, 1.807) is 24.3 Å². The standard InChI is InChI=1S/C27H22F2N4O2/c1-18-2-6-20(7-3-18)25(26(34)32-23-12-10-22(29)11-13-23)33(17-19-4-8-21(28)9-5-19)27(35)24-16-30-14-15-31-24/h2-16,25H,17H2,1H3,(H,32,34)/t25-/m1/s1. The van der Waals surface area contributed by atoms with Gasteiger partial charge in [-0.2, -0.15) is 0 Å². The van der Waals surface area contributed by atoms with E-state index >= 15 is 0 Å². The third-order valence-electron chi connectivity index (χ3n) is 5.37. The van der Waals surface area contributed by atoms with Gasteiger partial charge in [0.05, 0.1) is 6.20 Å². The normalized spacial score (nSPS) is 11.5. The number of aromatic nitrogens is 2. The molecule has 0 aliphatic heterocycles. The summed E-state index contributed by atoms with van der Waals surface area (Å²) in [5.41, 5.74) is 2.60. The van der Waals surface area contributed by atoms with Crippen LogP contribution in [0.1, 0.15) is 33.2 Å². The third-order valence-corrected chi connectivity index (χ3v) is 5.37. The minimum atomic E-state index is -1.07. The van der Waals surface area contributed by atoms with Crippen LogP contribution in [0.15, 0.2) is 91.4 Å². The molecule has 1 heterocycles. The number of aryl methyl sites for hydroxylation is 1. The van der Waals surface area contributed by atoms with E-state index in [9.17, 15) is 18.4 Å². The Hall–Kier alpha value is -4.46. The molecule has 0 fully saturated rings. The van der Waals surface area contributed by atoms with Gasteiger partial charge in [0, 0.05) is 24.6 Å². The molecule has 176 valence electrons. The third kappa shape index (κ3) is 5.92. The number of hydrogen-bond acceptors (Lipinski definition) is 4. The predicted octanol–water partition coefficient (Wildman–Crippen LogP) is 5.09. The van der Waals surface area contributed by atoms with Gasteiger partial charge in [0.15, 0.2) is 0 Å². The topological polar surface area (TPSA) is 75.2 Å². The highest BCUT2D eigenvalue weighted by atomic mass is 19.1. The van der Waals surface area contributed by atoms with Crippen LogP contribution in [0.5, 0.6) is 0 Å². The summed E-state index contributed by atoms with van der Waals surface area (Å²) in [5.74, 6) is -1.87. The van der Waals surface area contributed by atoms with Crippen molar-refractivity contribution in [3.63, 3.8) is 0 Å². The van der Waals surface area contributed by atoms with Crippen LogP contribution < -0.4 is 5.32 Å². The smallest absolute Gasteiger partial charge is 0.275 e. The molecule has 0 saturated heterocycles. The monoisotopic (exact) mass is 472 g/mol. The Morgan fingerprint density at radius 3 is 2.11 bits per heavy atom. The highest BCUT2D eigenvalue weighted by molar-refractivity contribution is 6.00. The number of halogens is 2. The number of nitrogens with one attached hydrogen (secondary N) is 1. The van der Waals surface area contributed by atoms with Gasteiger partial charge in [0.2, 0.25) is 0 Å². The fourth-order valence-corrected chi connectivity index (χ4v) is 3.59. The molecule has 0 spiro atoms. The van der Waals surface area contributed by atoms with Crippen molar-refractivity contribution < 1.29 is 18.4 Å². The Morgan fingerprint density at radius 1 is 0.886 bits per heavy atom. The second-order valence-corrected chi connectivity index (χ2v) is 7.96. The first-order valence-corrected chi connectivity index (χ1v) is 10.8. The number of carbonyl (C=O) groups is 2. The van der Waals surface area contributed by atoms with Crippen LogP contribution in [0.4, 0.5) is 14.5 Å². The molecule has 2 amide bonds. The van der Waals surface area contributed by atoms with Crippen LogP contribution in [0.2, 0.25) is 0 Å². The molecule has 0 radical (unpaired) electrons. The van der Waals surface area contributed by atoms with Gasteiger partial charge in [-0.15, -0.1) is 0 Å². The highest BCUT2D eigenvalue weighted by Gasteiger charge is 2.33. The number of amides is 2. The molecule has 1 aromatic heterocycles. The number of anilines is 1. The Balaban J connectivity index is 1.77. The van der Waals surface area contributed by atoms with Crippen LogP contribution in [-0.2, 0) is 11.3 Å². The fraction of sp³-hybridized carbons (Fsp3) is 0.111. The zero-order chi connectivity index (χ0) is 24.8. The number of nitrogens with zero attached hydrogens (tertiary/aromatic N) is 3. The van der Waals surface area contributed by atoms with E-state index in [2.05, 4.69) is 15.3 Å². The summed E-state index contributed by atoms with van der Waals surface area (Å²) in [6.07, 6.45) is 4.16. The Morgan fingerprint density at radius 2 is 1.51 bits per heavy atom. The fourth-order valence-electron chi connectivity index (χ4n) is 3.59. The van der Waals surface area contributed by atoms with Crippen LogP contribution in [0, 0.1) is 18.6 Å². The van der Waals surface area contributed by atoms with E-state index in [0.717, 1.165) is 5.56 Å². The Kier molecular flexibility index (Phi) is 7.21. The first kappa shape index (κ1) is 23.7. The van der Waals surface area contributed by atoms with Crippen molar-refractivity contribution in [2.24, 2.45) is 0 Å². The van der Waals surface area contributed by atoms with Crippen molar-refractivity contribution in [1.29, 1.82) is 0 Å². The van der Waals surface area contributed by atoms with Crippen molar-refractivity contribution in [3.8, 4) is 0 Å². The average Bonchev–Trinajstić information content (AvgIpc) is 2.87. The summed E-state index contributed by atoms with van der Waals surface area (Å²) in [7, 11) is 0. The van der Waals surface area contributed by atoms with E-state index in [1.165, 1.54) is 59.9 Å². The summed E-state index contributed by atoms with van der Waals surface area (Å²) in [5, 5.41) is 2.77. The average molecular weight is 472 g/mol. The maximum absolute atomic E-state index is 13.6. The van der Waals surface area contributed by atoms with Gasteiger partial charge >= 0.3 is 0 Å². The molecule has 0 aliphatic rings. The summed E-state index contributed by atoms with van der Waals surface area (Å²) < 4.78 is 26.9. The molecule has 0 unspecified atom stereocenters. The van der Waals surface area contributed by atoms with Gasteiger partial charge in [0.1, 0.15) is 23.4 Å². The molecule has 0 bridgehead atoms. The minimum absolute atomic E-state index is 0.00503. The van der Waals surface area contributed by atoms with E-state index in [4.69, 9.17) is 0 Å². The highest BCUT2D eigenvalue weighted by Crippen LogP contribution is 2.27. The number of carbonyl (C=O) groups excluding carboxylic acids is 2. The number of benzene rings is 3. The lowest BCUT2D eigenvalue weighted by molar-refractivity contribution is -0.121. The SMILES string of the molecule is Cc1ccc([C@H](C(=O)Nc2ccc(F)cc2)N(Cc2ccc(F)cc2)C(=O)c2cnccn2)cc1. The summed E-state index contributed by atoms with van der Waals surface area (Å²) in [6, 6.07) is 17.2. The van der Waals surface area contributed by atoms with E-state index in [-0.39, 0.29) is 12.2 Å². The Bertz CT molecular complexity index is 1300. The van der Waals surface area contributed by atoms with Gasteiger partial charge in [-0.3, -0.25) is 14.6 Å². The van der Waals surface area contributed by atoms with Crippen molar-refractivity contribution >= 4 is 17.5 Å². The van der Waals surface area contributed by atoms with Crippen molar-refractivity contribution in [3.05, 3.63) is 125 Å². The van der Waals surface area contributed by atoms with Crippen LogP contribution in [0.25, 0.3) is 0 Å². The second-order valence-electron chi connectivity index (χ2n) is 7.96. The molecule has 4 aromatic rings. The van der Waals surface area contributed by atoms with Crippen LogP contribution in [0.3, 0.4) is 0 Å². The van der Waals surface area contributed by atoms with Crippen molar-refractivity contribution in [2.75, 3.05) is 5.32 Å². The maximum Gasteiger partial charge on any atom is 0.275 e. The number of rotatable bonds is 7. The molecule has 0 saturated carbocycles. The lowest BCUT2D eigenvalue weighted by Gasteiger charge is -2.31. The molecule has 0 aliphatic carbocycles. The molecule has 6 nitrogen and oxygen atoms in total. The van der Waals surface area contributed by atoms with E-state index in [1.807, 2.05) is 19.1 Å². The second kappa shape index (κ2) is 10.6. The first-order valence-electron chi connectivity index (χ1n) is 10.8. The molecule has 4 rings (SSSR count). The van der Waals surface area contributed by atoms with E-state index < -0.39 is 29.5 Å². The lowest BCUT2D eigenvalue weighted by Crippen LogP contribution is -2.41. The first-order chi connectivity index (χ1) is 16.9. The van der Waals surface area contributed by atoms with E-state index in [0.29, 0.717) is 16.8 Å². The lowest BCUT2D eigenvalue weighted by atomic mass is 10.0. The maximum atomic E-state index is 13.6. The quantitative estimate of drug-likeness (QED) is 0.407. The van der Waals surface area contributed by atoms with Gasteiger partial charge < -0.3 is 10.2 Å². The molecule has 1 atom stereocenters. The molecule has 1 N–H and O–H groups in total. The zero-order valence-corrected chi connectivity index (χ0v) is 18.9. The van der Waals surface area contributed by atoms with Gasteiger partial charge in [-0.25, -0.2) is 13.8 Å². The summed E-state index contributed by atoms with van der Waals surface area (Å²) >= 11 is 0. The predicted molar refractivity (Wildman–Crippen MR) is 127 cm³/mol. The number of hydrogen-bond donors (Lipinski definition) is 1. The van der Waals surface area contributed by atoms with Gasteiger partial charge in [-0.1, -0.05) is 42.0 Å². The van der Waals surface area contributed by atoms with Crippen LogP contribution >= 0.6 is 0 Å². The largest absolute Gasteiger partial charge is 0.324 e.